The highest BCUT2D eigenvalue weighted by Crippen LogP contribution is 2.49. The van der Waals surface area contributed by atoms with Crippen molar-refractivity contribution in [3.05, 3.63) is 52.2 Å². The van der Waals surface area contributed by atoms with Gasteiger partial charge in [0.05, 0.1) is 15.3 Å². The third kappa shape index (κ3) is 2.92. The second-order valence-corrected chi connectivity index (χ2v) is 10.5. The highest BCUT2D eigenvalue weighted by atomic mass is 32.2. The number of rotatable bonds is 4. The number of thiophene rings is 1. The Morgan fingerprint density at radius 3 is 2.70 bits per heavy atom. The summed E-state index contributed by atoms with van der Waals surface area (Å²) in [4.78, 5) is 15.8. The molecule has 2 aromatic rings. The second kappa shape index (κ2) is 6.72. The molecule has 1 atom stereocenters. The molecule has 5 nitrogen and oxygen atoms in total. The van der Waals surface area contributed by atoms with Crippen LogP contribution < -0.4 is 0 Å². The zero-order valence-corrected chi connectivity index (χ0v) is 17.2. The van der Waals surface area contributed by atoms with Crippen LogP contribution >= 0.6 is 11.3 Å². The molecule has 1 aromatic heterocycles. The summed E-state index contributed by atoms with van der Waals surface area (Å²) in [6.45, 7) is 5.67. The molecule has 2 aliphatic rings. The van der Waals surface area contributed by atoms with Crippen molar-refractivity contribution in [2.75, 3.05) is 19.6 Å². The molecule has 0 bridgehead atoms. The molecule has 1 saturated heterocycles. The van der Waals surface area contributed by atoms with Gasteiger partial charge in [-0.1, -0.05) is 38.1 Å². The first-order valence-corrected chi connectivity index (χ1v) is 11.6. The number of sulfonamides is 1. The molecule has 144 valence electrons. The smallest absolute Gasteiger partial charge is 0.263 e. The molecule has 7 heteroatoms. The molecule has 4 rings (SSSR count). The van der Waals surface area contributed by atoms with Gasteiger partial charge in [0.25, 0.3) is 5.91 Å². The number of carbonyl (C=O) groups is 1. The van der Waals surface area contributed by atoms with E-state index in [1.54, 1.807) is 16.4 Å². The summed E-state index contributed by atoms with van der Waals surface area (Å²) in [5.74, 6) is 0.402. The largest absolute Gasteiger partial charge is 0.336 e. The van der Waals surface area contributed by atoms with E-state index in [4.69, 9.17) is 0 Å². The number of likely N-dealkylation sites (tertiary alicyclic amines) is 1. The van der Waals surface area contributed by atoms with Gasteiger partial charge in [0.15, 0.2) is 0 Å². The van der Waals surface area contributed by atoms with Crippen LogP contribution in [0.4, 0.5) is 0 Å². The van der Waals surface area contributed by atoms with E-state index in [0.29, 0.717) is 41.7 Å². The maximum atomic E-state index is 13.3. The van der Waals surface area contributed by atoms with E-state index in [0.717, 1.165) is 12.0 Å². The molecule has 0 aliphatic carbocycles. The van der Waals surface area contributed by atoms with Gasteiger partial charge in [-0.15, -0.1) is 11.3 Å². The van der Waals surface area contributed by atoms with Crippen LogP contribution in [0.5, 0.6) is 0 Å². The molecule has 0 saturated carbocycles. The Bertz CT molecular complexity index is 953. The molecular formula is C20H24N2O3S2. The van der Waals surface area contributed by atoms with Crippen molar-refractivity contribution in [1.82, 2.24) is 9.21 Å². The maximum Gasteiger partial charge on any atom is 0.263 e. The molecule has 1 fully saturated rings. The van der Waals surface area contributed by atoms with Crippen molar-refractivity contribution in [2.45, 2.75) is 37.1 Å². The Balaban J connectivity index is 1.73. The van der Waals surface area contributed by atoms with E-state index in [9.17, 15) is 13.2 Å². The summed E-state index contributed by atoms with van der Waals surface area (Å²) in [6, 6.07) is 11.0. The number of amides is 1. The Morgan fingerprint density at radius 2 is 2.00 bits per heavy atom. The van der Waals surface area contributed by atoms with Gasteiger partial charge < -0.3 is 4.90 Å². The zero-order chi connectivity index (χ0) is 19.2. The predicted molar refractivity (Wildman–Crippen MR) is 106 cm³/mol. The number of nitrogens with zero attached hydrogens (tertiary/aromatic N) is 2. The molecule has 27 heavy (non-hydrogen) atoms. The molecular weight excluding hydrogens is 380 g/mol. The van der Waals surface area contributed by atoms with Gasteiger partial charge in [0.2, 0.25) is 10.0 Å². The second-order valence-electron chi connectivity index (χ2n) is 7.74. The Kier molecular flexibility index (Phi) is 4.64. The fourth-order valence-corrected chi connectivity index (χ4v) is 6.98. The lowest BCUT2D eigenvalue weighted by Gasteiger charge is -2.34. The minimum absolute atomic E-state index is 0.00698. The molecule has 0 radical (unpaired) electrons. The summed E-state index contributed by atoms with van der Waals surface area (Å²) in [7, 11) is -3.54. The predicted octanol–water partition coefficient (Wildman–Crippen LogP) is 3.54. The van der Waals surface area contributed by atoms with Crippen LogP contribution in [0, 0.1) is 5.92 Å². The lowest BCUT2D eigenvalue weighted by Crippen LogP contribution is -2.47. The molecule has 3 heterocycles. The van der Waals surface area contributed by atoms with E-state index in [2.05, 4.69) is 13.8 Å². The van der Waals surface area contributed by atoms with Crippen LogP contribution in [0.2, 0.25) is 0 Å². The molecule has 0 N–H and O–H groups in total. The van der Waals surface area contributed by atoms with Gasteiger partial charge >= 0.3 is 0 Å². The lowest BCUT2D eigenvalue weighted by atomic mass is 9.88. The van der Waals surface area contributed by atoms with Gasteiger partial charge in [-0.3, -0.25) is 4.79 Å². The first kappa shape index (κ1) is 18.7. The summed E-state index contributed by atoms with van der Waals surface area (Å²) in [6.07, 6.45) is 1.44. The van der Waals surface area contributed by atoms with Gasteiger partial charge in [-0.2, -0.15) is 4.31 Å². The summed E-state index contributed by atoms with van der Waals surface area (Å²) < 4.78 is 28.2. The van der Waals surface area contributed by atoms with Crippen LogP contribution in [0.1, 0.15) is 41.9 Å². The molecule has 2 aliphatic heterocycles. The number of carbonyl (C=O) groups excluding carboxylic acids is 1. The van der Waals surface area contributed by atoms with E-state index >= 15 is 0 Å². The SMILES string of the molecule is CC(C)CCN1[C@]2(CCN(C(=O)c3cccs3)C2)c2ccccc2S1(=O)=O. The van der Waals surface area contributed by atoms with Crippen LogP contribution in [0.25, 0.3) is 0 Å². The van der Waals surface area contributed by atoms with Crippen molar-refractivity contribution < 1.29 is 13.2 Å². The molecule has 1 amide bonds. The average molecular weight is 405 g/mol. The summed E-state index contributed by atoms with van der Waals surface area (Å²) >= 11 is 1.43. The van der Waals surface area contributed by atoms with Gasteiger partial charge in [-0.05, 0) is 41.8 Å². The Morgan fingerprint density at radius 1 is 1.22 bits per heavy atom. The fraction of sp³-hybridized carbons (Fsp3) is 0.450. The standard InChI is InChI=1S/C20H24N2O3S2/c1-15(2)9-11-22-20(16-6-3-4-8-18(16)27(22,24)25)10-12-21(14-20)19(23)17-7-5-13-26-17/h3-8,13,15H,9-12,14H2,1-2H3/t20-/m0/s1. The Hall–Kier alpha value is -1.70. The topological polar surface area (TPSA) is 57.7 Å². The minimum atomic E-state index is -3.54. The third-order valence-electron chi connectivity index (χ3n) is 5.61. The van der Waals surface area contributed by atoms with Crippen LogP contribution in [0.15, 0.2) is 46.7 Å². The van der Waals surface area contributed by atoms with Crippen LogP contribution in [-0.2, 0) is 15.6 Å². The van der Waals surface area contributed by atoms with Gasteiger partial charge in [0.1, 0.15) is 0 Å². The quantitative estimate of drug-likeness (QED) is 0.783. The number of benzene rings is 1. The number of fused-ring (bicyclic) bond motifs is 2. The zero-order valence-electron chi connectivity index (χ0n) is 15.6. The van der Waals surface area contributed by atoms with Gasteiger partial charge in [-0.25, -0.2) is 8.42 Å². The number of hydrogen-bond donors (Lipinski definition) is 0. The first-order chi connectivity index (χ1) is 12.9. The van der Waals surface area contributed by atoms with Crippen molar-refractivity contribution in [2.24, 2.45) is 5.92 Å². The molecule has 1 aromatic carbocycles. The van der Waals surface area contributed by atoms with Gasteiger partial charge in [0, 0.05) is 19.6 Å². The average Bonchev–Trinajstić information content (AvgIpc) is 3.34. The van der Waals surface area contributed by atoms with Crippen LogP contribution in [0.3, 0.4) is 0 Å². The minimum Gasteiger partial charge on any atom is -0.336 e. The highest BCUT2D eigenvalue weighted by Gasteiger charge is 2.57. The normalized spacial score (nSPS) is 24.0. The van der Waals surface area contributed by atoms with Crippen molar-refractivity contribution in [3.8, 4) is 0 Å². The van der Waals surface area contributed by atoms with E-state index in [1.807, 2.05) is 34.5 Å². The summed E-state index contributed by atoms with van der Waals surface area (Å²) in [5.41, 5.74) is 0.201. The molecule has 1 spiro atoms. The van der Waals surface area contributed by atoms with E-state index in [-0.39, 0.29) is 5.91 Å². The van der Waals surface area contributed by atoms with Crippen molar-refractivity contribution >= 4 is 27.3 Å². The van der Waals surface area contributed by atoms with E-state index < -0.39 is 15.6 Å². The lowest BCUT2D eigenvalue weighted by molar-refractivity contribution is 0.0768. The van der Waals surface area contributed by atoms with Crippen molar-refractivity contribution in [3.63, 3.8) is 0 Å². The third-order valence-corrected chi connectivity index (χ3v) is 8.49. The highest BCUT2D eigenvalue weighted by molar-refractivity contribution is 7.89. The fourth-order valence-electron chi connectivity index (χ4n) is 4.22. The first-order valence-electron chi connectivity index (χ1n) is 9.31. The van der Waals surface area contributed by atoms with Crippen LogP contribution in [-0.4, -0.2) is 43.2 Å². The summed E-state index contributed by atoms with van der Waals surface area (Å²) in [5, 5.41) is 1.89. The number of hydrogen-bond acceptors (Lipinski definition) is 4. The van der Waals surface area contributed by atoms with Crippen molar-refractivity contribution in [1.29, 1.82) is 0 Å². The maximum absolute atomic E-state index is 13.3. The Labute approximate surface area is 164 Å². The molecule has 0 unspecified atom stereocenters. The monoisotopic (exact) mass is 404 g/mol. The van der Waals surface area contributed by atoms with E-state index in [1.165, 1.54) is 11.3 Å².